The molecule has 2 aliphatic rings. The number of methoxy groups -OCH3 is 1. The summed E-state index contributed by atoms with van der Waals surface area (Å²) in [7, 11) is 1.48. The predicted octanol–water partition coefficient (Wildman–Crippen LogP) is 3.02. The van der Waals surface area contributed by atoms with E-state index in [1.165, 1.54) is 69.6 Å². The number of fused-ring (bicyclic) bond motifs is 1. The van der Waals surface area contributed by atoms with E-state index < -0.39 is 0 Å². The van der Waals surface area contributed by atoms with E-state index >= 15 is 0 Å². The summed E-state index contributed by atoms with van der Waals surface area (Å²) in [5.74, 6) is -0.263. The first-order valence-corrected chi connectivity index (χ1v) is 12.7. The van der Waals surface area contributed by atoms with Gasteiger partial charge in [0.25, 0.3) is 0 Å². The number of aromatic nitrogens is 2. The van der Waals surface area contributed by atoms with E-state index in [4.69, 9.17) is 4.74 Å². The summed E-state index contributed by atoms with van der Waals surface area (Å²) in [6, 6.07) is 15.6. The number of hydrogen-bond donors (Lipinski definition) is 1. The summed E-state index contributed by atoms with van der Waals surface area (Å²) >= 11 is 0. The molecule has 2 fully saturated rings. The fourth-order valence-corrected chi connectivity index (χ4v) is 5.76. The molecule has 0 bridgehead atoms. The van der Waals surface area contributed by atoms with Crippen molar-refractivity contribution in [1.82, 2.24) is 4.57 Å². The Morgan fingerprint density at radius 1 is 0.971 bits per heavy atom. The highest BCUT2D eigenvalue weighted by Gasteiger charge is 2.31. The van der Waals surface area contributed by atoms with Crippen LogP contribution in [-0.4, -0.2) is 23.7 Å². The Hall–Kier alpha value is -2.09. The van der Waals surface area contributed by atoms with Gasteiger partial charge in [-0.05, 0) is 56.2 Å². The van der Waals surface area contributed by atoms with Crippen molar-refractivity contribution in [3.63, 3.8) is 0 Å². The second kappa shape index (κ2) is 11.6. The number of nitrogens with one attached hydrogen (secondary N) is 1. The highest BCUT2D eigenvalue weighted by molar-refractivity contribution is 6.03. The molecule has 2 saturated carbocycles. The molecule has 5 nitrogen and oxygen atoms in total. The number of rotatable bonds is 6. The van der Waals surface area contributed by atoms with Gasteiger partial charge in [-0.15, -0.1) is 0 Å². The number of nitrogens with zero attached hydrogens (tertiary/aromatic N) is 2. The van der Waals surface area contributed by atoms with Crippen LogP contribution in [0.3, 0.4) is 0 Å². The van der Waals surface area contributed by atoms with Gasteiger partial charge in [0, 0.05) is 6.04 Å². The van der Waals surface area contributed by atoms with E-state index in [-0.39, 0.29) is 29.9 Å². The van der Waals surface area contributed by atoms with Crippen LogP contribution in [0.2, 0.25) is 0 Å². The van der Waals surface area contributed by atoms with Crippen molar-refractivity contribution < 1.29 is 38.1 Å². The molecule has 1 heterocycles. The summed E-state index contributed by atoms with van der Waals surface area (Å²) < 4.78 is 10.0. The van der Waals surface area contributed by atoms with Gasteiger partial charge in [0.1, 0.15) is 18.3 Å². The van der Waals surface area contributed by atoms with Gasteiger partial charge in [-0.3, -0.25) is 0 Å². The van der Waals surface area contributed by atoms with Crippen molar-refractivity contribution in [1.29, 1.82) is 0 Å². The smallest absolute Gasteiger partial charge is 0.340 e. The third-order valence-electron chi connectivity index (χ3n) is 7.51. The molecule has 0 amide bonds. The molecular formula is C28H36IN3O2. The number of esters is 1. The minimum atomic E-state index is -0.263. The third-order valence-corrected chi connectivity index (χ3v) is 7.51. The molecule has 0 radical (unpaired) electrons. The summed E-state index contributed by atoms with van der Waals surface area (Å²) in [5.41, 5.74) is 5.23. The molecule has 1 aromatic heterocycles. The molecule has 5 rings (SSSR count). The molecule has 0 aliphatic heterocycles. The Morgan fingerprint density at radius 3 is 2.32 bits per heavy atom. The van der Waals surface area contributed by atoms with Gasteiger partial charge in [-0.25, -0.2) is 13.9 Å². The van der Waals surface area contributed by atoms with Crippen LogP contribution in [0, 0.1) is 0 Å². The van der Waals surface area contributed by atoms with Crippen LogP contribution in [0.15, 0.2) is 48.8 Å². The largest absolute Gasteiger partial charge is 1.00 e. The topological polar surface area (TPSA) is 47.1 Å². The molecule has 6 heteroatoms. The Labute approximate surface area is 219 Å². The van der Waals surface area contributed by atoms with Crippen molar-refractivity contribution in [2.24, 2.45) is 0 Å². The SMILES string of the molecule is COC(=O)c1ccc2c(c1NC1CCCCC1)[n+](C1CCCCC1)cn2Cc1ccccc1.[I-]. The lowest BCUT2D eigenvalue weighted by molar-refractivity contribution is -0.701. The van der Waals surface area contributed by atoms with E-state index in [1.54, 1.807) is 0 Å². The Morgan fingerprint density at radius 2 is 1.65 bits per heavy atom. The predicted molar refractivity (Wildman–Crippen MR) is 132 cm³/mol. The monoisotopic (exact) mass is 573 g/mol. The number of benzene rings is 2. The lowest BCUT2D eigenvalue weighted by atomic mass is 9.94. The van der Waals surface area contributed by atoms with Gasteiger partial charge in [-0.2, -0.15) is 0 Å². The molecule has 0 atom stereocenters. The molecule has 2 aliphatic carbocycles. The number of ether oxygens (including phenoxy) is 1. The standard InChI is InChI=1S/C28H35N3O2.HI/c1-33-28(32)24-17-18-25-27(26(24)29-22-13-7-3-8-14-22)31(23-15-9-4-10-16-23)20-30(25)19-21-11-5-2-6-12-21;/h2,5-6,11-12,17-18,20,22-23H,3-4,7-10,13-16,19H2,1H3;1H. The van der Waals surface area contributed by atoms with Crippen LogP contribution in [0.5, 0.6) is 0 Å². The molecule has 2 aromatic carbocycles. The maximum absolute atomic E-state index is 12.8. The maximum atomic E-state index is 12.8. The number of halogens is 1. The van der Waals surface area contributed by atoms with Crippen molar-refractivity contribution >= 4 is 22.7 Å². The third kappa shape index (κ3) is 5.26. The van der Waals surface area contributed by atoms with Gasteiger partial charge >= 0.3 is 5.97 Å². The molecule has 34 heavy (non-hydrogen) atoms. The molecule has 3 aromatic rings. The summed E-state index contributed by atoms with van der Waals surface area (Å²) in [6.45, 7) is 0.817. The van der Waals surface area contributed by atoms with Gasteiger partial charge in [0.05, 0.1) is 12.7 Å². The normalized spacial score (nSPS) is 17.3. The highest BCUT2D eigenvalue weighted by Crippen LogP contribution is 2.33. The van der Waals surface area contributed by atoms with E-state index in [1.807, 2.05) is 6.07 Å². The molecule has 1 N–H and O–H groups in total. The van der Waals surface area contributed by atoms with E-state index in [0.717, 1.165) is 30.6 Å². The van der Waals surface area contributed by atoms with Crippen molar-refractivity contribution in [2.45, 2.75) is 82.8 Å². The average molecular weight is 574 g/mol. The first kappa shape index (κ1) is 25.0. The van der Waals surface area contributed by atoms with Crippen LogP contribution in [0.4, 0.5) is 5.69 Å². The van der Waals surface area contributed by atoms with Gasteiger partial charge in [-0.1, -0.05) is 56.0 Å². The van der Waals surface area contributed by atoms with Gasteiger partial charge < -0.3 is 34.0 Å². The van der Waals surface area contributed by atoms with Crippen LogP contribution in [0.1, 0.15) is 86.2 Å². The summed E-state index contributed by atoms with van der Waals surface area (Å²) in [4.78, 5) is 12.8. The first-order valence-electron chi connectivity index (χ1n) is 12.7. The number of carbonyl (C=O) groups is 1. The Balaban J connectivity index is 0.00000274. The first-order chi connectivity index (χ1) is 16.2. The van der Waals surface area contributed by atoms with Crippen LogP contribution in [-0.2, 0) is 11.3 Å². The number of imidazole rings is 1. The van der Waals surface area contributed by atoms with Crippen molar-refractivity contribution in [3.05, 3.63) is 59.9 Å². The van der Waals surface area contributed by atoms with Crippen LogP contribution < -0.4 is 33.9 Å². The molecule has 0 spiro atoms. The van der Waals surface area contributed by atoms with E-state index in [9.17, 15) is 4.79 Å². The number of anilines is 1. The Kier molecular flexibility index (Phi) is 8.51. The quantitative estimate of drug-likeness (QED) is 0.280. The molecule has 0 saturated heterocycles. The molecule has 0 unspecified atom stereocenters. The summed E-state index contributed by atoms with van der Waals surface area (Å²) in [6.07, 6.45) is 14.7. The van der Waals surface area contributed by atoms with Crippen LogP contribution >= 0.6 is 0 Å². The zero-order valence-corrected chi connectivity index (χ0v) is 22.3. The molecular weight excluding hydrogens is 537 g/mol. The minimum Gasteiger partial charge on any atom is -1.00 e. The lowest BCUT2D eigenvalue weighted by Crippen LogP contribution is -3.00. The number of carbonyl (C=O) groups excluding carboxylic acids is 1. The van der Waals surface area contributed by atoms with E-state index in [2.05, 4.69) is 57.2 Å². The second-order valence-electron chi connectivity index (χ2n) is 9.75. The maximum Gasteiger partial charge on any atom is 0.340 e. The van der Waals surface area contributed by atoms with E-state index in [0.29, 0.717) is 17.6 Å². The fourth-order valence-electron chi connectivity index (χ4n) is 5.76. The van der Waals surface area contributed by atoms with Crippen molar-refractivity contribution in [3.8, 4) is 0 Å². The molecule has 182 valence electrons. The second-order valence-corrected chi connectivity index (χ2v) is 9.75. The summed E-state index contributed by atoms with van der Waals surface area (Å²) in [5, 5.41) is 3.83. The minimum absolute atomic E-state index is 0. The van der Waals surface area contributed by atoms with Gasteiger partial charge in [0.2, 0.25) is 6.33 Å². The zero-order valence-electron chi connectivity index (χ0n) is 20.1. The highest BCUT2D eigenvalue weighted by atomic mass is 127. The zero-order chi connectivity index (χ0) is 22.6. The van der Waals surface area contributed by atoms with Crippen LogP contribution in [0.25, 0.3) is 11.0 Å². The van der Waals surface area contributed by atoms with Crippen molar-refractivity contribution in [2.75, 3.05) is 12.4 Å². The van der Waals surface area contributed by atoms with Gasteiger partial charge in [0.15, 0.2) is 11.0 Å². The lowest BCUT2D eigenvalue weighted by Gasteiger charge is -2.25. The fraction of sp³-hybridized carbons (Fsp3) is 0.500. The average Bonchev–Trinajstić information content (AvgIpc) is 3.24. The Bertz CT molecular complexity index is 1100. The number of hydrogen-bond acceptors (Lipinski definition) is 3.